The van der Waals surface area contributed by atoms with Gasteiger partial charge in [-0.15, -0.1) is 23.2 Å². The number of likely N-dealkylation sites (tertiary alicyclic amines) is 1. The predicted molar refractivity (Wildman–Crippen MR) is 146 cm³/mol. The van der Waals surface area contributed by atoms with E-state index in [1.54, 1.807) is 6.08 Å². The third-order valence-corrected chi connectivity index (χ3v) is 10.3. The highest BCUT2D eigenvalue weighted by Gasteiger charge is 2.76. The average Bonchev–Trinajstić information content (AvgIpc) is 3.28. The minimum atomic E-state index is -2.04. The molecule has 2 aliphatic carbocycles. The molecule has 0 bridgehead atoms. The van der Waals surface area contributed by atoms with E-state index in [1.807, 2.05) is 0 Å². The minimum absolute atomic E-state index is 0.131. The van der Waals surface area contributed by atoms with Crippen LogP contribution in [0.1, 0.15) is 24.3 Å². The molecular formula is C28H23Cl2N3O8. The van der Waals surface area contributed by atoms with Crippen molar-refractivity contribution in [3.8, 4) is 11.5 Å². The van der Waals surface area contributed by atoms with E-state index in [9.17, 15) is 34.4 Å². The van der Waals surface area contributed by atoms with Gasteiger partial charge in [0.1, 0.15) is 11.5 Å². The fourth-order valence-electron chi connectivity index (χ4n) is 6.96. The Kier molecular flexibility index (Phi) is 5.99. The summed E-state index contributed by atoms with van der Waals surface area (Å²) >= 11 is 14.2. The number of methoxy groups -OCH3 is 1. The summed E-state index contributed by atoms with van der Waals surface area (Å²) in [5.74, 6) is -6.02. The zero-order chi connectivity index (χ0) is 29.6. The topological polar surface area (TPSA) is 147 Å². The standard InChI is InChI=1S/C28H23Cl2N3O8/c1-31-25(37)27(29)12-19-16(22(28(27,30)26(31)38)18-11-15(41-2)7-10-20(18)34)8-9-17-21(19)24(36)32(23(17)35)13-3-5-14(6-4-13)33(39)40/h3-8,10-11,17,19,21-22,34H,9,12H2,1-2H3. The van der Waals surface area contributed by atoms with Gasteiger partial charge in [0.15, 0.2) is 9.75 Å². The number of imide groups is 2. The van der Waals surface area contributed by atoms with Gasteiger partial charge in [-0.3, -0.25) is 39.1 Å². The van der Waals surface area contributed by atoms with Gasteiger partial charge < -0.3 is 9.84 Å². The van der Waals surface area contributed by atoms with Crippen molar-refractivity contribution in [2.75, 3.05) is 19.1 Å². The zero-order valence-electron chi connectivity index (χ0n) is 21.7. The van der Waals surface area contributed by atoms with Crippen molar-refractivity contribution >= 4 is 58.2 Å². The van der Waals surface area contributed by atoms with Crippen LogP contribution in [0, 0.1) is 27.9 Å². The number of amides is 4. The molecule has 0 aromatic heterocycles. The highest BCUT2D eigenvalue weighted by atomic mass is 35.5. The van der Waals surface area contributed by atoms with Crippen LogP contribution in [0.2, 0.25) is 0 Å². The Labute approximate surface area is 243 Å². The van der Waals surface area contributed by atoms with E-state index in [2.05, 4.69) is 0 Å². The Morgan fingerprint density at radius 1 is 1.02 bits per heavy atom. The molecule has 11 nitrogen and oxygen atoms in total. The molecule has 41 heavy (non-hydrogen) atoms. The van der Waals surface area contributed by atoms with Crippen LogP contribution in [0.5, 0.6) is 11.5 Å². The highest BCUT2D eigenvalue weighted by molar-refractivity contribution is 6.53. The van der Waals surface area contributed by atoms with E-state index in [0.29, 0.717) is 11.3 Å². The van der Waals surface area contributed by atoms with Crippen molar-refractivity contribution in [3.05, 3.63) is 69.8 Å². The fraction of sp³-hybridized carbons (Fsp3) is 0.357. The largest absolute Gasteiger partial charge is 0.508 e. The van der Waals surface area contributed by atoms with Crippen LogP contribution in [0.4, 0.5) is 11.4 Å². The monoisotopic (exact) mass is 599 g/mol. The Balaban J connectivity index is 1.50. The van der Waals surface area contributed by atoms with Crippen LogP contribution in [-0.2, 0) is 19.2 Å². The molecule has 0 spiro atoms. The van der Waals surface area contributed by atoms with Gasteiger partial charge in [-0.1, -0.05) is 11.6 Å². The summed E-state index contributed by atoms with van der Waals surface area (Å²) in [6, 6.07) is 9.49. The van der Waals surface area contributed by atoms with Gasteiger partial charge in [-0.25, -0.2) is 0 Å². The number of carbonyl (C=O) groups excluding carboxylic acids is 4. The molecule has 0 radical (unpaired) electrons. The lowest BCUT2D eigenvalue weighted by molar-refractivity contribution is -0.384. The summed E-state index contributed by atoms with van der Waals surface area (Å²) in [5.41, 5.74) is 0.695. The van der Waals surface area contributed by atoms with E-state index in [-0.39, 0.29) is 35.5 Å². The molecule has 212 valence electrons. The molecule has 2 heterocycles. The number of nitro groups is 1. The maximum absolute atomic E-state index is 14.0. The molecule has 6 unspecified atom stereocenters. The zero-order valence-corrected chi connectivity index (χ0v) is 23.3. The van der Waals surface area contributed by atoms with E-state index in [1.165, 1.54) is 56.6 Å². The normalized spacial score (nSPS) is 32.4. The number of carbonyl (C=O) groups is 4. The SMILES string of the molecule is COc1ccc(O)c(C2C3=CCC4C(=O)N(c5ccc([N+](=O)[O-])cc5)C(=O)C4C3CC3(Cl)C(=O)N(C)C(=O)C23Cl)c1. The summed E-state index contributed by atoms with van der Waals surface area (Å²) in [6.07, 6.45) is 1.68. The number of hydrogen-bond acceptors (Lipinski definition) is 8. The lowest BCUT2D eigenvalue weighted by Crippen LogP contribution is -2.60. The van der Waals surface area contributed by atoms with E-state index < -0.39 is 62.0 Å². The summed E-state index contributed by atoms with van der Waals surface area (Å²) in [7, 11) is 2.71. The number of aromatic hydroxyl groups is 1. The van der Waals surface area contributed by atoms with Gasteiger partial charge in [0, 0.05) is 30.7 Å². The third-order valence-electron chi connectivity index (χ3n) is 8.88. The highest BCUT2D eigenvalue weighted by Crippen LogP contribution is 2.66. The number of alkyl halides is 2. The molecule has 2 aromatic carbocycles. The first-order valence-electron chi connectivity index (χ1n) is 12.8. The van der Waals surface area contributed by atoms with Crippen LogP contribution in [0.25, 0.3) is 0 Å². The number of allylic oxidation sites excluding steroid dienone is 2. The lowest BCUT2D eigenvalue weighted by atomic mass is 9.56. The predicted octanol–water partition coefficient (Wildman–Crippen LogP) is 3.50. The van der Waals surface area contributed by atoms with Crippen molar-refractivity contribution in [2.24, 2.45) is 17.8 Å². The second kappa shape index (κ2) is 9.02. The molecule has 1 saturated carbocycles. The van der Waals surface area contributed by atoms with Crippen LogP contribution in [-0.4, -0.2) is 62.5 Å². The number of phenols is 1. The first kappa shape index (κ1) is 27.2. The number of ether oxygens (including phenoxy) is 1. The minimum Gasteiger partial charge on any atom is -0.508 e. The van der Waals surface area contributed by atoms with E-state index >= 15 is 0 Å². The number of hydrogen-bond donors (Lipinski definition) is 1. The van der Waals surface area contributed by atoms with Gasteiger partial charge in [0.25, 0.3) is 17.5 Å². The van der Waals surface area contributed by atoms with Crippen molar-refractivity contribution in [2.45, 2.75) is 28.5 Å². The number of anilines is 1. The summed E-state index contributed by atoms with van der Waals surface area (Å²) < 4.78 is 5.35. The van der Waals surface area contributed by atoms with Crippen molar-refractivity contribution in [3.63, 3.8) is 0 Å². The van der Waals surface area contributed by atoms with E-state index in [4.69, 9.17) is 27.9 Å². The second-order valence-electron chi connectivity index (χ2n) is 10.7. The number of non-ortho nitro benzene ring substituents is 1. The van der Waals surface area contributed by atoms with E-state index in [0.717, 1.165) is 9.80 Å². The van der Waals surface area contributed by atoms with Gasteiger partial charge in [-0.05, 0) is 49.1 Å². The van der Waals surface area contributed by atoms with Crippen LogP contribution in [0.15, 0.2) is 54.1 Å². The number of halogens is 2. The molecule has 1 N–H and O–H groups in total. The number of rotatable bonds is 4. The maximum atomic E-state index is 14.0. The number of nitrogens with zero attached hydrogens (tertiary/aromatic N) is 3. The lowest BCUT2D eigenvalue weighted by Gasteiger charge is -2.50. The molecule has 2 aromatic rings. The van der Waals surface area contributed by atoms with Crippen LogP contribution < -0.4 is 9.64 Å². The molecule has 2 saturated heterocycles. The van der Waals surface area contributed by atoms with Crippen LogP contribution in [0.3, 0.4) is 0 Å². The molecule has 2 aliphatic heterocycles. The molecule has 3 fully saturated rings. The Hall–Kier alpha value is -3.96. The third kappa shape index (κ3) is 3.45. The van der Waals surface area contributed by atoms with Gasteiger partial charge in [0.2, 0.25) is 11.8 Å². The first-order valence-corrected chi connectivity index (χ1v) is 13.5. The Bertz CT molecular complexity index is 1590. The molecular weight excluding hydrogens is 577 g/mol. The van der Waals surface area contributed by atoms with Gasteiger partial charge >= 0.3 is 0 Å². The van der Waals surface area contributed by atoms with Gasteiger partial charge in [-0.2, -0.15) is 0 Å². The Morgan fingerprint density at radius 2 is 1.71 bits per heavy atom. The molecule has 6 atom stereocenters. The number of benzene rings is 2. The smallest absolute Gasteiger partial charge is 0.269 e. The quantitative estimate of drug-likeness (QED) is 0.184. The number of nitro benzene ring substituents is 1. The van der Waals surface area contributed by atoms with Gasteiger partial charge in [0.05, 0.1) is 29.6 Å². The first-order chi connectivity index (χ1) is 19.4. The second-order valence-corrected chi connectivity index (χ2v) is 11.9. The van der Waals surface area contributed by atoms with Crippen molar-refractivity contribution in [1.29, 1.82) is 0 Å². The summed E-state index contributed by atoms with van der Waals surface area (Å²) in [4.78, 5) is 63.0. The number of phenolic OH excluding ortho intramolecular Hbond substituents is 1. The van der Waals surface area contributed by atoms with Crippen LogP contribution >= 0.6 is 23.2 Å². The summed E-state index contributed by atoms with van der Waals surface area (Å²) in [5, 5.41) is 22.1. The molecule has 4 aliphatic rings. The molecule has 13 heteroatoms. The summed E-state index contributed by atoms with van der Waals surface area (Å²) in [6.45, 7) is 0. The average molecular weight is 600 g/mol. The molecule has 6 rings (SSSR count). The fourth-order valence-corrected chi connectivity index (χ4v) is 7.97. The molecule has 4 amide bonds. The Morgan fingerprint density at radius 3 is 2.34 bits per heavy atom. The maximum Gasteiger partial charge on any atom is 0.269 e. The number of fused-ring (bicyclic) bond motifs is 4. The van der Waals surface area contributed by atoms with Crippen molar-refractivity contribution in [1.82, 2.24) is 4.90 Å². The van der Waals surface area contributed by atoms with Crippen molar-refractivity contribution < 1.29 is 33.9 Å².